The van der Waals surface area contributed by atoms with Gasteiger partial charge in [-0.2, -0.15) is 0 Å². The fourth-order valence-electron chi connectivity index (χ4n) is 1.61. The first kappa shape index (κ1) is 13.7. The van der Waals surface area contributed by atoms with Crippen molar-refractivity contribution in [2.75, 3.05) is 40.5 Å². The van der Waals surface area contributed by atoms with E-state index in [1.807, 2.05) is 0 Å². The zero-order chi connectivity index (χ0) is 12.9. The highest BCUT2D eigenvalue weighted by Gasteiger charge is 2.35. The second kappa shape index (κ2) is 5.83. The third kappa shape index (κ3) is 3.86. The predicted molar refractivity (Wildman–Crippen MR) is 58.8 cm³/mol. The highest BCUT2D eigenvalue weighted by atomic mass is 16.5. The topological polar surface area (TPSA) is 88.1 Å². The number of nitrogens with zero attached hydrogens (tertiary/aromatic N) is 1. The molecule has 1 aliphatic heterocycles. The zero-order valence-electron chi connectivity index (χ0n) is 10.1. The maximum Gasteiger partial charge on any atom is 0.323 e. The van der Waals surface area contributed by atoms with Crippen LogP contribution in [0, 0.1) is 0 Å². The number of aliphatic carboxylic acids is 1. The Morgan fingerprint density at radius 3 is 2.76 bits per heavy atom. The number of likely N-dealkylation sites (N-methyl/N-ethyl adjacent to an activating group) is 1. The lowest BCUT2D eigenvalue weighted by atomic mass is 10.0. The van der Waals surface area contributed by atoms with Crippen molar-refractivity contribution < 1.29 is 24.2 Å². The number of carbonyl (C=O) groups is 2. The van der Waals surface area contributed by atoms with E-state index in [4.69, 9.17) is 14.6 Å². The molecule has 0 spiro atoms. The van der Waals surface area contributed by atoms with E-state index in [-0.39, 0.29) is 6.54 Å². The largest absolute Gasteiger partial charge is 0.480 e. The van der Waals surface area contributed by atoms with Gasteiger partial charge in [0.1, 0.15) is 12.1 Å². The molecule has 0 saturated carbocycles. The summed E-state index contributed by atoms with van der Waals surface area (Å²) in [6.45, 7) is 1.02. The summed E-state index contributed by atoms with van der Waals surface area (Å²) in [5.74, 6) is -1.05. The minimum absolute atomic E-state index is 0.312. The molecule has 0 bridgehead atoms. The second-order valence-corrected chi connectivity index (χ2v) is 4.10. The molecule has 1 aliphatic rings. The number of amides is 2. The molecule has 2 amide bonds. The summed E-state index contributed by atoms with van der Waals surface area (Å²) in [7, 11) is 3.00. The normalized spacial score (nSPS) is 23.4. The fourth-order valence-corrected chi connectivity index (χ4v) is 1.61. The Labute approximate surface area is 99.7 Å². The Morgan fingerprint density at radius 2 is 2.29 bits per heavy atom. The first-order valence-electron chi connectivity index (χ1n) is 5.33. The monoisotopic (exact) mass is 246 g/mol. The van der Waals surface area contributed by atoms with Crippen LogP contribution in [0.25, 0.3) is 0 Å². The van der Waals surface area contributed by atoms with Gasteiger partial charge in [-0.3, -0.25) is 4.79 Å². The number of ether oxygens (including phenoxy) is 2. The molecule has 0 radical (unpaired) electrons. The summed E-state index contributed by atoms with van der Waals surface area (Å²) in [5.41, 5.74) is -0.486. The van der Waals surface area contributed by atoms with Gasteiger partial charge in [0.2, 0.25) is 0 Å². The highest BCUT2D eigenvalue weighted by molar-refractivity contribution is 5.79. The van der Waals surface area contributed by atoms with Crippen LogP contribution in [0.3, 0.4) is 0 Å². The number of hydrogen-bond donors (Lipinski definition) is 2. The Kier molecular flexibility index (Phi) is 4.71. The number of nitrogens with one attached hydrogen (secondary N) is 1. The summed E-state index contributed by atoms with van der Waals surface area (Å²) in [6.07, 6.45) is 0.715. The number of rotatable bonds is 5. The zero-order valence-corrected chi connectivity index (χ0v) is 10.1. The van der Waals surface area contributed by atoms with Crippen LogP contribution in [-0.4, -0.2) is 68.1 Å². The molecule has 1 unspecified atom stereocenters. The van der Waals surface area contributed by atoms with Crippen molar-refractivity contribution in [1.82, 2.24) is 10.2 Å². The molecule has 2 N–H and O–H groups in total. The Bertz CT molecular complexity index is 288. The number of hydrogen-bond acceptors (Lipinski definition) is 4. The second-order valence-electron chi connectivity index (χ2n) is 4.10. The van der Waals surface area contributed by atoms with E-state index in [1.165, 1.54) is 7.05 Å². The molecular formula is C10H18N2O5. The van der Waals surface area contributed by atoms with Crippen molar-refractivity contribution in [2.45, 2.75) is 12.0 Å². The maximum atomic E-state index is 11.5. The van der Waals surface area contributed by atoms with Crippen LogP contribution in [0.5, 0.6) is 0 Å². The van der Waals surface area contributed by atoms with Gasteiger partial charge in [-0.1, -0.05) is 0 Å². The Hall–Kier alpha value is -1.34. The van der Waals surface area contributed by atoms with Crippen LogP contribution in [0.1, 0.15) is 6.42 Å². The number of urea groups is 1. The van der Waals surface area contributed by atoms with E-state index >= 15 is 0 Å². The molecular weight excluding hydrogens is 228 g/mol. The van der Waals surface area contributed by atoms with Crippen LogP contribution in [0.4, 0.5) is 4.79 Å². The number of carboxylic acid groups (broad SMARTS) is 1. The number of carbonyl (C=O) groups excluding carboxylic acids is 1. The summed E-state index contributed by atoms with van der Waals surface area (Å²) >= 11 is 0. The van der Waals surface area contributed by atoms with Gasteiger partial charge in [0.15, 0.2) is 0 Å². The molecule has 0 aromatic rings. The summed E-state index contributed by atoms with van der Waals surface area (Å²) in [4.78, 5) is 23.1. The summed E-state index contributed by atoms with van der Waals surface area (Å²) in [6, 6.07) is -0.435. The van der Waals surface area contributed by atoms with Gasteiger partial charge in [0.05, 0.1) is 13.2 Å². The predicted octanol–water partition coefficient (Wildman–Crippen LogP) is -0.482. The molecule has 0 aliphatic carbocycles. The fraction of sp³-hybridized carbons (Fsp3) is 0.800. The molecule has 1 rings (SSSR count). The van der Waals surface area contributed by atoms with Crippen molar-refractivity contribution in [2.24, 2.45) is 0 Å². The Balaban J connectivity index is 2.38. The number of carboxylic acids is 1. The van der Waals surface area contributed by atoms with Gasteiger partial charge in [0.25, 0.3) is 0 Å². The van der Waals surface area contributed by atoms with Crippen molar-refractivity contribution >= 4 is 12.0 Å². The van der Waals surface area contributed by atoms with E-state index in [1.54, 1.807) is 7.11 Å². The summed E-state index contributed by atoms with van der Waals surface area (Å²) in [5, 5.41) is 11.2. The molecule has 1 heterocycles. The first-order valence-corrected chi connectivity index (χ1v) is 5.33. The average Bonchev–Trinajstić information content (AvgIpc) is 2.74. The van der Waals surface area contributed by atoms with Crippen molar-refractivity contribution in [3.05, 3.63) is 0 Å². The van der Waals surface area contributed by atoms with Crippen LogP contribution in [-0.2, 0) is 14.3 Å². The lowest BCUT2D eigenvalue weighted by molar-refractivity contribution is -0.137. The van der Waals surface area contributed by atoms with E-state index in [0.717, 1.165) is 4.90 Å². The lowest BCUT2D eigenvalue weighted by Gasteiger charge is -2.27. The van der Waals surface area contributed by atoms with E-state index in [9.17, 15) is 9.59 Å². The molecule has 7 nitrogen and oxygen atoms in total. The first-order chi connectivity index (χ1) is 7.99. The van der Waals surface area contributed by atoms with E-state index in [0.29, 0.717) is 26.2 Å². The minimum Gasteiger partial charge on any atom is -0.480 e. The van der Waals surface area contributed by atoms with Crippen molar-refractivity contribution in [3.63, 3.8) is 0 Å². The number of methoxy groups -OCH3 is 1. The van der Waals surface area contributed by atoms with Gasteiger partial charge in [-0.25, -0.2) is 4.79 Å². The van der Waals surface area contributed by atoms with Gasteiger partial charge in [-0.15, -0.1) is 0 Å². The highest BCUT2D eigenvalue weighted by Crippen LogP contribution is 2.21. The quantitative estimate of drug-likeness (QED) is 0.684. The van der Waals surface area contributed by atoms with Crippen LogP contribution in [0.15, 0.2) is 0 Å². The van der Waals surface area contributed by atoms with Gasteiger partial charge < -0.3 is 24.8 Å². The van der Waals surface area contributed by atoms with Gasteiger partial charge in [0, 0.05) is 27.2 Å². The molecule has 0 aromatic carbocycles. The van der Waals surface area contributed by atoms with Crippen molar-refractivity contribution in [1.29, 1.82) is 0 Å². The molecule has 1 fully saturated rings. The maximum absolute atomic E-state index is 11.5. The third-order valence-electron chi connectivity index (χ3n) is 2.78. The smallest absolute Gasteiger partial charge is 0.323 e. The van der Waals surface area contributed by atoms with E-state index < -0.39 is 17.6 Å². The standard InChI is InChI=1S/C10H18N2O5/c1-12(5-8(13)14)9(15)11-6-10(16-2)3-4-17-7-10/h3-7H2,1-2H3,(H,11,15)(H,13,14). The Morgan fingerprint density at radius 1 is 1.59 bits per heavy atom. The van der Waals surface area contributed by atoms with Crippen LogP contribution >= 0.6 is 0 Å². The van der Waals surface area contributed by atoms with Gasteiger partial charge in [-0.05, 0) is 0 Å². The van der Waals surface area contributed by atoms with Crippen molar-refractivity contribution in [3.8, 4) is 0 Å². The molecule has 0 aromatic heterocycles. The molecule has 7 heteroatoms. The molecule has 1 atom stereocenters. The molecule has 98 valence electrons. The summed E-state index contributed by atoms with van der Waals surface area (Å²) < 4.78 is 10.6. The average molecular weight is 246 g/mol. The minimum atomic E-state index is -1.05. The molecule has 17 heavy (non-hydrogen) atoms. The SMILES string of the molecule is COC1(CNC(=O)N(C)CC(=O)O)CCOC1. The van der Waals surface area contributed by atoms with Crippen LogP contribution in [0.2, 0.25) is 0 Å². The molecule has 1 saturated heterocycles. The van der Waals surface area contributed by atoms with Gasteiger partial charge >= 0.3 is 12.0 Å². The van der Waals surface area contributed by atoms with E-state index in [2.05, 4.69) is 5.32 Å². The third-order valence-corrected chi connectivity index (χ3v) is 2.78. The van der Waals surface area contributed by atoms with Crippen LogP contribution < -0.4 is 5.32 Å². The lowest BCUT2D eigenvalue weighted by Crippen LogP contribution is -2.49.